The van der Waals surface area contributed by atoms with Crippen molar-refractivity contribution in [3.8, 4) is 0 Å². The second-order valence-corrected chi connectivity index (χ2v) is 5.98. The number of hydrogen-bond donors (Lipinski definition) is 1. The van der Waals surface area contributed by atoms with Crippen LogP contribution in [-0.4, -0.2) is 52.0 Å². The van der Waals surface area contributed by atoms with Gasteiger partial charge in [-0.05, 0) is 18.1 Å². The molecule has 0 saturated carbocycles. The lowest BCUT2D eigenvalue weighted by Crippen LogP contribution is -2.53. The topological polar surface area (TPSA) is 45.4 Å². The minimum absolute atomic E-state index is 0.233. The number of piperazine rings is 1. The van der Waals surface area contributed by atoms with Gasteiger partial charge in [-0.15, -0.1) is 0 Å². The van der Waals surface area contributed by atoms with Gasteiger partial charge in [0.05, 0.1) is 16.1 Å². The quantitative estimate of drug-likeness (QED) is 0.842. The van der Waals surface area contributed by atoms with Crippen molar-refractivity contribution in [3.63, 3.8) is 0 Å². The van der Waals surface area contributed by atoms with Crippen molar-refractivity contribution in [1.82, 2.24) is 14.8 Å². The standard InChI is InChI=1S/C14H21ClN4S/c1-2-13(14(16)20)19-7-5-18(6-8-19)10-11-3-4-17-9-12(11)15/h3-4,9,13H,2,5-8,10H2,1H3,(H2,16,20). The molecule has 1 aliphatic rings. The molecule has 0 amide bonds. The Morgan fingerprint density at radius 2 is 2.15 bits per heavy atom. The van der Waals surface area contributed by atoms with E-state index in [1.165, 1.54) is 0 Å². The summed E-state index contributed by atoms with van der Waals surface area (Å²) in [4.78, 5) is 9.41. The Bertz CT molecular complexity index is 460. The molecule has 1 aliphatic heterocycles. The predicted octanol–water partition coefficient (Wildman–Crippen LogP) is 1.92. The molecule has 20 heavy (non-hydrogen) atoms. The van der Waals surface area contributed by atoms with E-state index in [0.29, 0.717) is 4.99 Å². The van der Waals surface area contributed by atoms with E-state index in [1.807, 2.05) is 6.07 Å². The number of pyridine rings is 1. The highest BCUT2D eigenvalue weighted by Crippen LogP contribution is 2.17. The maximum absolute atomic E-state index is 6.15. The molecule has 6 heteroatoms. The van der Waals surface area contributed by atoms with Gasteiger partial charge in [-0.1, -0.05) is 30.7 Å². The van der Waals surface area contributed by atoms with E-state index < -0.39 is 0 Å². The van der Waals surface area contributed by atoms with Crippen LogP contribution in [0.3, 0.4) is 0 Å². The first-order valence-corrected chi connectivity index (χ1v) is 7.74. The smallest absolute Gasteiger partial charge is 0.0901 e. The van der Waals surface area contributed by atoms with E-state index in [4.69, 9.17) is 29.6 Å². The molecule has 110 valence electrons. The van der Waals surface area contributed by atoms with Crippen LogP contribution >= 0.6 is 23.8 Å². The molecular weight excluding hydrogens is 292 g/mol. The Labute approximate surface area is 130 Å². The normalized spacial score (nSPS) is 18.9. The summed E-state index contributed by atoms with van der Waals surface area (Å²) < 4.78 is 0. The maximum atomic E-state index is 6.15. The summed E-state index contributed by atoms with van der Waals surface area (Å²) >= 11 is 11.3. The average Bonchev–Trinajstić information content (AvgIpc) is 2.43. The summed E-state index contributed by atoms with van der Waals surface area (Å²) in [6, 6.07) is 2.22. The number of aromatic nitrogens is 1. The molecule has 1 atom stereocenters. The van der Waals surface area contributed by atoms with Gasteiger partial charge in [0.15, 0.2) is 0 Å². The van der Waals surface area contributed by atoms with Gasteiger partial charge in [-0.3, -0.25) is 14.8 Å². The number of halogens is 1. The second-order valence-electron chi connectivity index (χ2n) is 5.11. The molecule has 1 aromatic heterocycles. The zero-order chi connectivity index (χ0) is 14.5. The summed E-state index contributed by atoms with van der Waals surface area (Å²) in [6.45, 7) is 7.03. The third-order valence-electron chi connectivity index (χ3n) is 3.81. The van der Waals surface area contributed by atoms with Crippen LogP contribution in [0.15, 0.2) is 18.5 Å². The number of thiocarbonyl (C=S) groups is 1. The van der Waals surface area contributed by atoms with Crippen molar-refractivity contribution in [2.45, 2.75) is 25.9 Å². The van der Waals surface area contributed by atoms with Crippen molar-refractivity contribution in [2.24, 2.45) is 5.73 Å². The molecule has 1 saturated heterocycles. The lowest BCUT2D eigenvalue weighted by atomic mass is 10.1. The third-order valence-corrected chi connectivity index (χ3v) is 4.43. The van der Waals surface area contributed by atoms with Crippen molar-refractivity contribution in [3.05, 3.63) is 29.0 Å². The molecule has 0 bridgehead atoms. The van der Waals surface area contributed by atoms with Gasteiger partial charge in [0, 0.05) is 45.1 Å². The molecule has 2 rings (SSSR count). The van der Waals surface area contributed by atoms with E-state index in [2.05, 4.69) is 21.7 Å². The largest absolute Gasteiger partial charge is 0.392 e. The highest BCUT2D eigenvalue weighted by molar-refractivity contribution is 7.80. The lowest BCUT2D eigenvalue weighted by Gasteiger charge is -2.38. The fourth-order valence-corrected chi connectivity index (χ4v) is 3.14. The predicted molar refractivity (Wildman–Crippen MR) is 87.0 cm³/mol. The van der Waals surface area contributed by atoms with Crippen molar-refractivity contribution in [1.29, 1.82) is 0 Å². The summed E-state index contributed by atoms with van der Waals surface area (Å²) in [6.07, 6.45) is 4.47. The van der Waals surface area contributed by atoms with Gasteiger partial charge in [-0.2, -0.15) is 0 Å². The van der Waals surface area contributed by atoms with Crippen molar-refractivity contribution < 1.29 is 0 Å². The van der Waals surface area contributed by atoms with Gasteiger partial charge in [-0.25, -0.2) is 0 Å². The molecular formula is C14H21ClN4S. The average molecular weight is 313 g/mol. The Morgan fingerprint density at radius 3 is 2.70 bits per heavy atom. The second kappa shape index (κ2) is 7.31. The zero-order valence-corrected chi connectivity index (χ0v) is 13.3. The van der Waals surface area contributed by atoms with Crippen LogP contribution in [0.25, 0.3) is 0 Å². The molecule has 2 N–H and O–H groups in total. The molecule has 2 heterocycles. The Morgan fingerprint density at radius 1 is 1.45 bits per heavy atom. The monoisotopic (exact) mass is 312 g/mol. The van der Waals surface area contributed by atoms with E-state index in [9.17, 15) is 0 Å². The number of nitrogens with zero attached hydrogens (tertiary/aromatic N) is 3. The zero-order valence-electron chi connectivity index (χ0n) is 11.8. The summed E-state index contributed by atoms with van der Waals surface area (Å²) in [5, 5.41) is 0.740. The third kappa shape index (κ3) is 3.88. The van der Waals surface area contributed by atoms with E-state index in [1.54, 1.807) is 12.4 Å². The summed E-state index contributed by atoms with van der Waals surface area (Å²) in [7, 11) is 0. The molecule has 1 fully saturated rings. The molecule has 1 aromatic rings. The molecule has 1 unspecified atom stereocenters. The first kappa shape index (κ1) is 15.6. The fourth-order valence-electron chi connectivity index (χ4n) is 2.65. The first-order valence-electron chi connectivity index (χ1n) is 6.96. The number of rotatable bonds is 5. The van der Waals surface area contributed by atoms with E-state index in [-0.39, 0.29) is 6.04 Å². The minimum Gasteiger partial charge on any atom is -0.392 e. The molecule has 0 aromatic carbocycles. The molecule has 0 aliphatic carbocycles. The highest BCUT2D eigenvalue weighted by atomic mass is 35.5. The van der Waals surface area contributed by atoms with Gasteiger partial charge in [0.25, 0.3) is 0 Å². The Hall–Kier alpha value is -0.750. The van der Waals surface area contributed by atoms with Crippen LogP contribution in [0.4, 0.5) is 0 Å². The minimum atomic E-state index is 0.233. The maximum Gasteiger partial charge on any atom is 0.0901 e. The van der Waals surface area contributed by atoms with Crippen LogP contribution in [0.5, 0.6) is 0 Å². The Balaban J connectivity index is 1.88. The molecule has 4 nitrogen and oxygen atoms in total. The first-order chi connectivity index (χ1) is 9.61. The number of nitrogens with two attached hydrogens (primary N) is 1. The summed E-state index contributed by atoms with van der Waals surface area (Å²) in [5.74, 6) is 0. The van der Waals surface area contributed by atoms with Crippen LogP contribution in [-0.2, 0) is 6.54 Å². The van der Waals surface area contributed by atoms with Crippen molar-refractivity contribution in [2.75, 3.05) is 26.2 Å². The van der Waals surface area contributed by atoms with E-state index in [0.717, 1.165) is 49.7 Å². The Kier molecular flexibility index (Phi) is 5.72. The van der Waals surface area contributed by atoms with Crippen LogP contribution in [0.2, 0.25) is 5.02 Å². The number of hydrogen-bond acceptors (Lipinski definition) is 4. The van der Waals surface area contributed by atoms with Gasteiger partial charge in [0.2, 0.25) is 0 Å². The summed E-state index contributed by atoms with van der Waals surface area (Å²) in [5.41, 5.74) is 6.94. The molecule has 0 radical (unpaired) electrons. The molecule has 0 spiro atoms. The van der Waals surface area contributed by atoms with Crippen LogP contribution < -0.4 is 5.73 Å². The fraction of sp³-hybridized carbons (Fsp3) is 0.571. The lowest BCUT2D eigenvalue weighted by molar-refractivity contribution is 0.112. The van der Waals surface area contributed by atoms with Gasteiger partial charge >= 0.3 is 0 Å². The van der Waals surface area contributed by atoms with E-state index >= 15 is 0 Å². The van der Waals surface area contributed by atoms with Crippen molar-refractivity contribution >= 4 is 28.8 Å². The van der Waals surface area contributed by atoms with Crippen LogP contribution in [0, 0.1) is 0 Å². The van der Waals surface area contributed by atoms with Gasteiger partial charge in [0.1, 0.15) is 0 Å². The SMILES string of the molecule is CCC(C(N)=S)N1CCN(Cc2ccncc2Cl)CC1. The highest BCUT2D eigenvalue weighted by Gasteiger charge is 2.24. The van der Waals surface area contributed by atoms with Gasteiger partial charge < -0.3 is 5.73 Å². The van der Waals surface area contributed by atoms with Crippen LogP contribution in [0.1, 0.15) is 18.9 Å².